The highest BCUT2D eigenvalue weighted by Gasteiger charge is 2.22. The van der Waals surface area contributed by atoms with Crippen LogP contribution in [0.5, 0.6) is 0 Å². The number of piperazine rings is 1. The molecule has 1 aliphatic heterocycles. The Labute approximate surface area is 160 Å². The van der Waals surface area contributed by atoms with Crippen molar-refractivity contribution in [3.8, 4) is 0 Å². The first-order chi connectivity index (χ1) is 13.1. The molecule has 142 valence electrons. The van der Waals surface area contributed by atoms with Crippen molar-refractivity contribution in [2.45, 2.75) is 19.9 Å². The maximum atomic E-state index is 12.6. The van der Waals surface area contributed by atoms with Crippen LogP contribution in [0.25, 0.3) is 6.08 Å². The third-order valence-electron chi connectivity index (χ3n) is 4.44. The van der Waals surface area contributed by atoms with Gasteiger partial charge in [-0.2, -0.15) is 0 Å². The highest BCUT2D eigenvalue weighted by Crippen LogP contribution is 2.09. The van der Waals surface area contributed by atoms with Crippen molar-refractivity contribution in [2.75, 3.05) is 38.0 Å². The van der Waals surface area contributed by atoms with Crippen LogP contribution in [0.2, 0.25) is 0 Å². The number of benzene rings is 1. The topological polar surface area (TPSA) is 61.4 Å². The van der Waals surface area contributed by atoms with Gasteiger partial charge in [-0.05, 0) is 19.4 Å². The highest BCUT2D eigenvalue weighted by molar-refractivity contribution is 5.92. The van der Waals surface area contributed by atoms with E-state index in [2.05, 4.69) is 44.5 Å². The zero-order valence-electron chi connectivity index (χ0n) is 16.0. The van der Waals surface area contributed by atoms with Gasteiger partial charge in [0.15, 0.2) is 0 Å². The van der Waals surface area contributed by atoms with Crippen LogP contribution in [0.4, 0.5) is 5.82 Å². The summed E-state index contributed by atoms with van der Waals surface area (Å²) in [6, 6.07) is 10.6. The van der Waals surface area contributed by atoms with Gasteiger partial charge in [0.2, 0.25) is 0 Å². The summed E-state index contributed by atoms with van der Waals surface area (Å²) in [5.41, 5.74) is 1.61. The Hall–Kier alpha value is -2.73. The number of nitrogens with one attached hydrogen (secondary N) is 1. The first kappa shape index (κ1) is 19.0. The van der Waals surface area contributed by atoms with E-state index in [0.717, 1.165) is 19.6 Å². The molecule has 27 heavy (non-hydrogen) atoms. The summed E-state index contributed by atoms with van der Waals surface area (Å²) in [5.74, 6) is 0.648. The van der Waals surface area contributed by atoms with Gasteiger partial charge in [-0.15, -0.1) is 0 Å². The lowest BCUT2D eigenvalue weighted by Crippen LogP contribution is -2.48. The van der Waals surface area contributed by atoms with Crippen LogP contribution in [-0.2, 0) is 0 Å². The Morgan fingerprint density at radius 1 is 1.11 bits per heavy atom. The van der Waals surface area contributed by atoms with Gasteiger partial charge in [0.05, 0.1) is 12.4 Å². The standard InChI is InChI=1S/C21H27N5O/c1-17(2)24-20-16-22-19(15-23-20)21(27)26-13-11-25(12-14-26)10-6-9-18-7-4-3-5-8-18/h3-9,15-17H,10-14H2,1-2H3,(H,23,24)/b9-6+. The second kappa shape index (κ2) is 9.28. The number of anilines is 1. The molecular formula is C21H27N5O. The van der Waals surface area contributed by atoms with Crippen molar-refractivity contribution >= 4 is 17.8 Å². The van der Waals surface area contributed by atoms with Crippen LogP contribution in [0.3, 0.4) is 0 Å². The summed E-state index contributed by atoms with van der Waals surface area (Å²) in [5, 5.41) is 3.18. The Bertz CT molecular complexity index is 750. The van der Waals surface area contributed by atoms with Crippen LogP contribution >= 0.6 is 0 Å². The molecular weight excluding hydrogens is 338 g/mol. The number of aromatic nitrogens is 2. The number of hydrogen-bond acceptors (Lipinski definition) is 5. The molecule has 1 fully saturated rings. The summed E-state index contributed by atoms with van der Waals surface area (Å²) in [7, 11) is 0. The molecule has 6 heteroatoms. The van der Waals surface area contributed by atoms with E-state index >= 15 is 0 Å². The second-order valence-corrected chi connectivity index (χ2v) is 6.99. The van der Waals surface area contributed by atoms with Crippen molar-refractivity contribution in [3.05, 3.63) is 60.1 Å². The van der Waals surface area contributed by atoms with Crippen molar-refractivity contribution in [2.24, 2.45) is 0 Å². The lowest BCUT2D eigenvalue weighted by atomic mass is 10.2. The number of hydrogen-bond donors (Lipinski definition) is 1. The van der Waals surface area contributed by atoms with Crippen LogP contribution in [0.1, 0.15) is 29.9 Å². The van der Waals surface area contributed by atoms with Crippen LogP contribution < -0.4 is 5.32 Å². The van der Waals surface area contributed by atoms with Gasteiger partial charge in [0.1, 0.15) is 11.5 Å². The van der Waals surface area contributed by atoms with E-state index in [9.17, 15) is 4.79 Å². The SMILES string of the molecule is CC(C)Nc1cnc(C(=O)N2CCN(C/C=C/c3ccccc3)CC2)cn1. The minimum absolute atomic E-state index is 0.0434. The minimum atomic E-state index is -0.0434. The van der Waals surface area contributed by atoms with Crippen molar-refractivity contribution in [1.82, 2.24) is 19.8 Å². The number of amides is 1. The normalized spacial score (nSPS) is 15.4. The summed E-state index contributed by atoms with van der Waals surface area (Å²) < 4.78 is 0. The summed E-state index contributed by atoms with van der Waals surface area (Å²) in [4.78, 5) is 25.4. The molecule has 1 saturated heterocycles. The van der Waals surface area contributed by atoms with Gasteiger partial charge < -0.3 is 10.2 Å². The van der Waals surface area contributed by atoms with Crippen molar-refractivity contribution in [1.29, 1.82) is 0 Å². The molecule has 3 rings (SSSR count). The maximum Gasteiger partial charge on any atom is 0.274 e. The highest BCUT2D eigenvalue weighted by atomic mass is 16.2. The molecule has 0 bridgehead atoms. The van der Waals surface area contributed by atoms with Crippen molar-refractivity contribution < 1.29 is 4.79 Å². The second-order valence-electron chi connectivity index (χ2n) is 6.99. The van der Waals surface area contributed by atoms with Gasteiger partial charge in [-0.3, -0.25) is 9.69 Å². The van der Waals surface area contributed by atoms with E-state index in [-0.39, 0.29) is 11.9 Å². The van der Waals surface area contributed by atoms with Gasteiger partial charge in [-0.25, -0.2) is 9.97 Å². The van der Waals surface area contributed by atoms with Gasteiger partial charge in [-0.1, -0.05) is 42.5 Å². The fourth-order valence-electron chi connectivity index (χ4n) is 3.01. The molecule has 1 amide bonds. The van der Waals surface area contributed by atoms with Gasteiger partial charge >= 0.3 is 0 Å². The predicted octanol–water partition coefficient (Wildman–Crippen LogP) is 2.77. The zero-order chi connectivity index (χ0) is 19.1. The molecule has 6 nitrogen and oxygen atoms in total. The molecule has 0 atom stereocenters. The summed E-state index contributed by atoms with van der Waals surface area (Å²) in [6.07, 6.45) is 7.50. The lowest BCUT2D eigenvalue weighted by molar-refractivity contribution is 0.0644. The quantitative estimate of drug-likeness (QED) is 0.853. The molecule has 1 aliphatic rings. The Morgan fingerprint density at radius 3 is 2.48 bits per heavy atom. The molecule has 0 aliphatic carbocycles. The summed E-state index contributed by atoms with van der Waals surface area (Å²) in [6.45, 7) is 8.13. The zero-order valence-corrected chi connectivity index (χ0v) is 16.0. The number of rotatable bonds is 6. The molecule has 1 N–H and O–H groups in total. The number of nitrogens with zero attached hydrogens (tertiary/aromatic N) is 4. The first-order valence-corrected chi connectivity index (χ1v) is 9.43. The molecule has 1 aromatic heterocycles. The fraction of sp³-hybridized carbons (Fsp3) is 0.381. The Balaban J connectivity index is 1.47. The molecule has 0 saturated carbocycles. The molecule has 2 aromatic rings. The third kappa shape index (κ3) is 5.62. The average molecular weight is 365 g/mol. The van der Waals surface area contributed by atoms with Crippen molar-refractivity contribution in [3.63, 3.8) is 0 Å². The van der Waals surface area contributed by atoms with Crippen LogP contribution in [-0.4, -0.2) is 64.4 Å². The largest absolute Gasteiger partial charge is 0.367 e. The Kier molecular flexibility index (Phi) is 6.54. The fourth-order valence-corrected chi connectivity index (χ4v) is 3.01. The van der Waals surface area contributed by atoms with Crippen LogP contribution in [0.15, 0.2) is 48.8 Å². The van der Waals surface area contributed by atoms with E-state index in [0.29, 0.717) is 24.6 Å². The van der Waals surface area contributed by atoms with Gasteiger partial charge in [0, 0.05) is 38.8 Å². The first-order valence-electron chi connectivity index (χ1n) is 9.43. The van der Waals surface area contributed by atoms with E-state index in [1.54, 1.807) is 12.4 Å². The molecule has 0 spiro atoms. The number of carbonyl (C=O) groups is 1. The smallest absolute Gasteiger partial charge is 0.274 e. The minimum Gasteiger partial charge on any atom is -0.367 e. The monoisotopic (exact) mass is 365 g/mol. The molecule has 2 heterocycles. The van der Waals surface area contributed by atoms with E-state index in [4.69, 9.17) is 0 Å². The molecule has 0 unspecified atom stereocenters. The molecule has 1 aromatic carbocycles. The lowest BCUT2D eigenvalue weighted by Gasteiger charge is -2.33. The van der Waals surface area contributed by atoms with E-state index in [1.165, 1.54) is 5.56 Å². The van der Waals surface area contributed by atoms with E-state index in [1.807, 2.05) is 36.9 Å². The maximum absolute atomic E-state index is 12.6. The van der Waals surface area contributed by atoms with Gasteiger partial charge in [0.25, 0.3) is 5.91 Å². The average Bonchev–Trinajstić information content (AvgIpc) is 2.69. The summed E-state index contributed by atoms with van der Waals surface area (Å²) >= 11 is 0. The van der Waals surface area contributed by atoms with Crippen LogP contribution in [0, 0.1) is 0 Å². The molecule has 0 radical (unpaired) electrons. The van der Waals surface area contributed by atoms with E-state index < -0.39 is 0 Å². The Morgan fingerprint density at radius 2 is 1.85 bits per heavy atom. The third-order valence-corrected chi connectivity index (χ3v) is 4.44. The number of carbonyl (C=O) groups excluding carboxylic acids is 1. The predicted molar refractivity (Wildman–Crippen MR) is 109 cm³/mol.